The van der Waals surface area contributed by atoms with Gasteiger partial charge in [-0.1, -0.05) is 62.6 Å². The number of likely N-dealkylation sites (tertiary alicyclic amines) is 2. The summed E-state index contributed by atoms with van der Waals surface area (Å²) < 4.78 is 16.5. The molecule has 0 radical (unpaired) electrons. The quantitative estimate of drug-likeness (QED) is 0.123. The maximum Gasteiger partial charge on any atom is 0.506 e. The molecular weight excluding hydrogens is 629 g/mol. The number of benzene rings is 1. The van der Waals surface area contributed by atoms with Crippen molar-refractivity contribution in [2.45, 2.75) is 78.5 Å². The molecule has 0 saturated carbocycles. The van der Waals surface area contributed by atoms with E-state index in [9.17, 15) is 38.2 Å². The zero-order valence-electron chi connectivity index (χ0n) is 27.8. The van der Waals surface area contributed by atoms with Crippen molar-refractivity contribution in [3.63, 3.8) is 0 Å². The Morgan fingerprint density at radius 1 is 1.04 bits per heavy atom. The van der Waals surface area contributed by atoms with E-state index in [0.717, 1.165) is 5.56 Å². The third-order valence-electron chi connectivity index (χ3n) is 8.83. The zero-order valence-corrected chi connectivity index (χ0v) is 28.7. The lowest BCUT2D eigenvalue weighted by molar-refractivity contribution is -0.815. The molecule has 2 aliphatic heterocycles. The van der Waals surface area contributed by atoms with Gasteiger partial charge in [0.05, 0.1) is 18.8 Å². The van der Waals surface area contributed by atoms with Crippen LogP contribution in [-0.4, -0.2) is 88.4 Å². The standard InChI is InChI=1S/C32H46N5O9P/c1-20(2)16-25(30(41)33-5)34-29(40)24(19-47(44)45)23(21(3)4)17-37(27(38)13-14-28(37)39)35-31(42)26-12-9-15-36(26)32(43)46-18-22-10-7-6-8-11-22/h6-8,10-11,20-21,23-26H,9,12-19H2,1-5H3,(H2-2,33,34,35,40,41,42,44,45)/p+2/t23?,24-,25+,26+/m1/s1. The summed E-state index contributed by atoms with van der Waals surface area (Å²) in [4.78, 5) is 91.3. The van der Waals surface area contributed by atoms with Crippen molar-refractivity contribution in [2.24, 2.45) is 23.7 Å². The number of quaternary nitrogens is 1. The van der Waals surface area contributed by atoms with Crippen LogP contribution in [-0.2, 0) is 39.9 Å². The predicted octanol–water partition coefficient (Wildman–Crippen LogP) is 2.38. The van der Waals surface area contributed by atoms with Crippen LogP contribution in [0.4, 0.5) is 4.79 Å². The topological polar surface area (TPSA) is 188 Å². The number of rotatable bonds is 15. The van der Waals surface area contributed by atoms with Gasteiger partial charge >= 0.3 is 25.9 Å². The fourth-order valence-corrected chi connectivity index (χ4v) is 7.06. The maximum absolute atomic E-state index is 13.8. The third kappa shape index (κ3) is 9.65. The Bertz CT molecular complexity index is 1320. The van der Waals surface area contributed by atoms with E-state index in [-0.39, 0.29) is 44.9 Å². The van der Waals surface area contributed by atoms with Gasteiger partial charge in [-0.2, -0.15) is 10.3 Å². The predicted molar refractivity (Wildman–Crippen MR) is 171 cm³/mol. The first-order valence-corrected chi connectivity index (χ1v) is 17.5. The fourth-order valence-electron chi connectivity index (χ4n) is 6.29. The Kier molecular flexibility index (Phi) is 13.6. The number of hydrogen-bond acceptors (Lipinski definition) is 8. The molecule has 2 saturated heterocycles. The lowest BCUT2D eigenvalue weighted by atomic mass is 9.82. The van der Waals surface area contributed by atoms with Gasteiger partial charge in [0.2, 0.25) is 11.8 Å². The lowest BCUT2D eigenvalue weighted by Crippen LogP contribution is -2.68. The van der Waals surface area contributed by atoms with E-state index in [1.54, 1.807) is 26.0 Å². The molecule has 258 valence electrons. The van der Waals surface area contributed by atoms with Crippen LogP contribution in [0.5, 0.6) is 0 Å². The number of carbonyl (C=O) groups is 6. The average Bonchev–Trinajstić information content (AvgIpc) is 3.62. The molecule has 2 fully saturated rings. The monoisotopic (exact) mass is 677 g/mol. The van der Waals surface area contributed by atoms with Gasteiger partial charge in [0, 0.05) is 19.5 Å². The van der Waals surface area contributed by atoms with Crippen molar-refractivity contribution in [1.82, 2.24) is 21.0 Å². The second kappa shape index (κ2) is 16.9. The van der Waals surface area contributed by atoms with Gasteiger partial charge in [-0.25, -0.2) is 14.4 Å². The average molecular weight is 678 g/mol. The van der Waals surface area contributed by atoms with Crippen LogP contribution >= 0.6 is 8.03 Å². The molecule has 3 rings (SSSR count). The van der Waals surface area contributed by atoms with Gasteiger partial charge in [0.25, 0.3) is 5.91 Å². The summed E-state index contributed by atoms with van der Waals surface area (Å²) in [6.07, 6.45) is -0.363. The molecule has 1 aromatic carbocycles. The van der Waals surface area contributed by atoms with Gasteiger partial charge < -0.3 is 15.4 Å². The SMILES string of the molecule is CNC(=O)[C@H](CC(C)C)NC(=O)[C@H](C[P+](=O)O)C(C[N+]1(NC(=O)[C@@H]2CCCN2C(=O)OCc2ccccc2)C(=O)CCC1=O)C(C)C. The number of imide groups is 1. The van der Waals surface area contributed by atoms with Crippen LogP contribution in [0, 0.1) is 23.7 Å². The molecule has 2 unspecified atom stereocenters. The summed E-state index contributed by atoms with van der Waals surface area (Å²) >= 11 is 0. The Morgan fingerprint density at radius 2 is 1.68 bits per heavy atom. The highest BCUT2D eigenvalue weighted by Crippen LogP contribution is 2.34. The molecule has 4 N–H and O–H groups in total. The Hall–Kier alpha value is -3.74. The van der Waals surface area contributed by atoms with Crippen molar-refractivity contribution in [3.8, 4) is 0 Å². The first kappa shape index (κ1) is 37.7. The summed E-state index contributed by atoms with van der Waals surface area (Å²) in [5, 5.41) is 5.24. The van der Waals surface area contributed by atoms with Crippen LogP contribution in [0.3, 0.4) is 0 Å². The van der Waals surface area contributed by atoms with E-state index in [1.165, 1.54) is 11.9 Å². The summed E-state index contributed by atoms with van der Waals surface area (Å²) in [6.45, 7) is 7.19. The number of nitrogens with one attached hydrogen (secondary N) is 3. The highest BCUT2D eigenvalue weighted by Gasteiger charge is 2.56. The molecule has 5 atom stereocenters. The van der Waals surface area contributed by atoms with E-state index in [2.05, 4.69) is 16.1 Å². The summed E-state index contributed by atoms with van der Waals surface area (Å²) in [5.41, 5.74) is 3.41. The van der Waals surface area contributed by atoms with Crippen LogP contribution in [0.15, 0.2) is 30.3 Å². The van der Waals surface area contributed by atoms with Crippen LogP contribution in [0.2, 0.25) is 0 Å². The van der Waals surface area contributed by atoms with Crippen molar-refractivity contribution in [2.75, 3.05) is 26.3 Å². The second-order valence-electron chi connectivity index (χ2n) is 13.0. The molecule has 2 aliphatic rings. The zero-order chi connectivity index (χ0) is 34.9. The molecule has 0 bridgehead atoms. The van der Waals surface area contributed by atoms with E-state index >= 15 is 0 Å². The highest BCUT2D eigenvalue weighted by atomic mass is 31.1. The summed E-state index contributed by atoms with van der Waals surface area (Å²) in [6, 6.07) is 7.15. The normalized spacial score (nSPS) is 19.7. The molecule has 0 spiro atoms. The summed E-state index contributed by atoms with van der Waals surface area (Å²) in [7, 11) is -1.40. The van der Waals surface area contributed by atoms with E-state index in [4.69, 9.17) is 4.74 Å². The Labute approximate surface area is 276 Å². The van der Waals surface area contributed by atoms with Gasteiger partial charge in [-0.15, -0.1) is 0 Å². The van der Waals surface area contributed by atoms with Crippen molar-refractivity contribution in [1.29, 1.82) is 0 Å². The van der Waals surface area contributed by atoms with Crippen LogP contribution in [0.25, 0.3) is 0 Å². The first-order chi connectivity index (χ1) is 22.2. The number of ether oxygens (including phenoxy) is 1. The smallest absolute Gasteiger partial charge is 0.445 e. The first-order valence-electron chi connectivity index (χ1n) is 16.1. The molecule has 0 aliphatic carbocycles. The van der Waals surface area contributed by atoms with E-state index in [1.807, 2.05) is 32.0 Å². The summed E-state index contributed by atoms with van der Waals surface area (Å²) in [5.74, 6) is -5.34. The Balaban J connectivity index is 1.87. The molecule has 15 heteroatoms. The van der Waals surface area contributed by atoms with Gasteiger partial charge in [-0.3, -0.25) is 19.3 Å². The maximum atomic E-state index is 13.8. The minimum absolute atomic E-state index is 0.00601. The van der Waals surface area contributed by atoms with Gasteiger partial charge in [0.15, 0.2) is 6.16 Å². The second-order valence-corrected chi connectivity index (χ2v) is 14.1. The number of likely N-dealkylation sites (N-methyl/N-ethyl adjacent to an activating group) is 1. The van der Waals surface area contributed by atoms with Crippen molar-refractivity contribution in [3.05, 3.63) is 35.9 Å². The molecular formula is C32H48N5O9P+2. The van der Waals surface area contributed by atoms with Crippen LogP contribution < -0.4 is 16.1 Å². The van der Waals surface area contributed by atoms with Crippen molar-refractivity contribution >= 4 is 43.7 Å². The van der Waals surface area contributed by atoms with Gasteiger partial charge in [-0.05, 0) is 41.2 Å². The highest BCUT2D eigenvalue weighted by molar-refractivity contribution is 7.38. The molecule has 1 aromatic rings. The molecule has 2 heterocycles. The fraction of sp³-hybridized carbons (Fsp3) is 0.625. The lowest BCUT2D eigenvalue weighted by Gasteiger charge is -2.36. The number of hydrogen-bond donors (Lipinski definition) is 4. The number of amides is 6. The van der Waals surface area contributed by atoms with Crippen LogP contribution in [0.1, 0.15) is 65.4 Å². The minimum Gasteiger partial charge on any atom is -0.445 e. The number of carbonyl (C=O) groups excluding carboxylic acids is 6. The van der Waals surface area contributed by atoms with Gasteiger partial charge in [0.1, 0.15) is 25.2 Å². The van der Waals surface area contributed by atoms with E-state index in [0.29, 0.717) is 12.8 Å². The molecule has 47 heavy (non-hydrogen) atoms. The third-order valence-corrected chi connectivity index (χ3v) is 9.54. The van der Waals surface area contributed by atoms with Crippen molar-refractivity contribution < 1.29 is 47.6 Å². The number of nitrogens with zero attached hydrogens (tertiary/aromatic N) is 2. The molecule has 6 amide bonds. The van der Waals surface area contributed by atoms with E-state index < -0.39 is 84.2 Å². The minimum atomic E-state index is -2.84. The molecule has 14 nitrogen and oxygen atoms in total. The molecule has 0 aromatic heterocycles. The Morgan fingerprint density at radius 3 is 2.23 bits per heavy atom. The largest absolute Gasteiger partial charge is 0.506 e.